The summed E-state index contributed by atoms with van der Waals surface area (Å²) in [6.07, 6.45) is 0.356. The lowest BCUT2D eigenvalue weighted by atomic mass is 10.2. The molecule has 68 valence electrons. The molecule has 0 amide bonds. The molecule has 4 nitrogen and oxygen atoms in total. The second-order valence-electron chi connectivity index (χ2n) is 2.46. The van der Waals surface area contributed by atoms with E-state index in [-0.39, 0.29) is 0 Å². The lowest BCUT2D eigenvalue weighted by Crippen LogP contribution is -2.30. The molecule has 0 fully saturated rings. The van der Waals surface area contributed by atoms with E-state index in [1.165, 1.54) is 0 Å². The Morgan fingerprint density at radius 2 is 2.00 bits per heavy atom. The average Bonchev–Trinajstić information content (AvgIpc) is 2.15. The van der Waals surface area contributed by atoms with Gasteiger partial charge >= 0.3 is 5.97 Å². The lowest BCUT2D eigenvalue weighted by molar-refractivity contribution is -0.139. The van der Waals surface area contributed by atoms with Crippen LogP contribution in [0.1, 0.15) is 0 Å². The number of carbonyl (C=O) groups is 2. The van der Waals surface area contributed by atoms with Crippen molar-refractivity contribution in [2.24, 2.45) is 0 Å². The second kappa shape index (κ2) is 4.25. The molecule has 0 aliphatic rings. The fraction of sp³-hybridized carbons (Fsp3) is 0.111. The van der Waals surface area contributed by atoms with Crippen LogP contribution in [0.2, 0.25) is 0 Å². The van der Waals surface area contributed by atoms with Gasteiger partial charge in [0.15, 0.2) is 12.3 Å². The predicted octanol–water partition coefficient (Wildman–Crippen LogP) is 0.751. The minimum absolute atomic E-state index is 0.356. The van der Waals surface area contributed by atoms with Crippen molar-refractivity contribution in [2.45, 2.75) is 6.04 Å². The van der Waals surface area contributed by atoms with Crippen molar-refractivity contribution in [3.05, 3.63) is 30.3 Å². The maximum atomic E-state index is 10.4. The summed E-state index contributed by atoms with van der Waals surface area (Å²) in [5.41, 5.74) is 0.613. The number of hydrogen-bond acceptors (Lipinski definition) is 3. The van der Waals surface area contributed by atoms with Gasteiger partial charge in [-0.2, -0.15) is 0 Å². The summed E-state index contributed by atoms with van der Waals surface area (Å²) >= 11 is 0. The highest BCUT2D eigenvalue weighted by atomic mass is 16.4. The summed E-state index contributed by atoms with van der Waals surface area (Å²) in [4.78, 5) is 20.7. The van der Waals surface area contributed by atoms with Gasteiger partial charge in [0.25, 0.3) is 0 Å². The van der Waals surface area contributed by atoms with Crippen LogP contribution in [-0.4, -0.2) is 23.4 Å². The molecule has 0 unspecified atom stereocenters. The van der Waals surface area contributed by atoms with Crippen LogP contribution in [0.25, 0.3) is 0 Å². The van der Waals surface area contributed by atoms with Gasteiger partial charge in [0, 0.05) is 5.69 Å². The molecular weight excluding hydrogens is 170 g/mol. The van der Waals surface area contributed by atoms with E-state index in [0.29, 0.717) is 12.0 Å². The van der Waals surface area contributed by atoms with Gasteiger partial charge in [0.1, 0.15) is 0 Å². The zero-order valence-electron chi connectivity index (χ0n) is 6.81. The smallest absolute Gasteiger partial charge is 0.333 e. The fourth-order valence-electron chi connectivity index (χ4n) is 0.868. The highest BCUT2D eigenvalue weighted by Gasteiger charge is 2.14. The Morgan fingerprint density at radius 1 is 1.38 bits per heavy atom. The molecule has 0 heterocycles. The number of benzene rings is 1. The van der Waals surface area contributed by atoms with Crippen molar-refractivity contribution in [3.63, 3.8) is 0 Å². The first-order valence-electron chi connectivity index (χ1n) is 3.73. The molecule has 0 bridgehead atoms. The zero-order chi connectivity index (χ0) is 9.68. The second-order valence-corrected chi connectivity index (χ2v) is 2.46. The van der Waals surface area contributed by atoms with Crippen LogP contribution in [0.3, 0.4) is 0 Å². The molecule has 4 heteroatoms. The van der Waals surface area contributed by atoms with Crippen LogP contribution >= 0.6 is 0 Å². The maximum absolute atomic E-state index is 10.4. The summed E-state index contributed by atoms with van der Waals surface area (Å²) < 4.78 is 0. The Morgan fingerprint density at radius 3 is 2.46 bits per heavy atom. The third kappa shape index (κ3) is 2.59. The summed E-state index contributed by atoms with van der Waals surface area (Å²) in [6.45, 7) is 0. The van der Waals surface area contributed by atoms with Crippen LogP contribution < -0.4 is 5.32 Å². The molecule has 1 atom stereocenters. The van der Waals surface area contributed by atoms with Gasteiger partial charge in [-0.25, -0.2) is 4.79 Å². The summed E-state index contributed by atoms with van der Waals surface area (Å²) in [5, 5.41) is 11.1. The monoisotopic (exact) mass is 179 g/mol. The first kappa shape index (κ1) is 9.25. The number of carbonyl (C=O) groups excluding carboxylic acids is 1. The molecule has 13 heavy (non-hydrogen) atoms. The SMILES string of the molecule is O=C[C@H](Nc1ccccc1)C(=O)O. The van der Waals surface area contributed by atoms with Crippen LogP contribution in [0.5, 0.6) is 0 Å². The fourth-order valence-corrected chi connectivity index (χ4v) is 0.868. The molecule has 0 radical (unpaired) electrons. The van der Waals surface area contributed by atoms with Gasteiger partial charge in [0.05, 0.1) is 0 Å². The van der Waals surface area contributed by atoms with E-state index in [1.54, 1.807) is 24.3 Å². The topological polar surface area (TPSA) is 66.4 Å². The van der Waals surface area contributed by atoms with Crippen molar-refractivity contribution in [2.75, 3.05) is 5.32 Å². The molecule has 0 aromatic heterocycles. The van der Waals surface area contributed by atoms with E-state index in [4.69, 9.17) is 5.11 Å². The van der Waals surface area contributed by atoms with Gasteiger partial charge in [-0.15, -0.1) is 0 Å². The van der Waals surface area contributed by atoms with Crippen LogP contribution in [0.15, 0.2) is 30.3 Å². The Bertz CT molecular complexity index is 297. The molecule has 0 saturated heterocycles. The van der Waals surface area contributed by atoms with Gasteiger partial charge in [-0.1, -0.05) is 18.2 Å². The van der Waals surface area contributed by atoms with Crippen molar-refractivity contribution in [1.82, 2.24) is 0 Å². The standard InChI is InChI=1S/C9H9NO3/c11-6-8(9(12)13)10-7-4-2-1-3-5-7/h1-6,8,10H,(H,12,13)/t8-/m0/s1. The number of anilines is 1. The third-order valence-corrected chi connectivity index (χ3v) is 1.50. The molecule has 2 N–H and O–H groups in total. The molecule has 1 rings (SSSR count). The van der Waals surface area contributed by atoms with Gasteiger partial charge in [0.2, 0.25) is 0 Å². The van der Waals surface area contributed by atoms with Crippen molar-refractivity contribution in [1.29, 1.82) is 0 Å². The lowest BCUT2D eigenvalue weighted by Gasteiger charge is -2.08. The summed E-state index contributed by atoms with van der Waals surface area (Å²) in [5.74, 6) is -1.18. The van der Waals surface area contributed by atoms with Gasteiger partial charge < -0.3 is 15.2 Å². The van der Waals surface area contributed by atoms with E-state index >= 15 is 0 Å². The van der Waals surface area contributed by atoms with Crippen molar-refractivity contribution >= 4 is 17.9 Å². The Labute approximate surface area is 75.2 Å². The van der Waals surface area contributed by atoms with E-state index < -0.39 is 12.0 Å². The molecule has 0 saturated carbocycles. The minimum Gasteiger partial charge on any atom is -0.479 e. The molecular formula is C9H9NO3. The van der Waals surface area contributed by atoms with Crippen LogP contribution in [0.4, 0.5) is 5.69 Å². The number of rotatable bonds is 4. The third-order valence-electron chi connectivity index (χ3n) is 1.50. The van der Waals surface area contributed by atoms with E-state index in [1.807, 2.05) is 6.07 Å². The molecule has 0 aliphatic heterocycles. The largest absolute Gasteiger partial charge is 0.479 e. The van der Waals surface area contributed by atoms with Crippen molar-refractivity contribution in [3.8, 4) is 0 Å². The maximum Gasteiger partial charge on any atom is 0.333 e. The Balaban J connectivity index is 2.67. The first-order valence-corrected chi connectivity index (χ1v) is 3.73. The highest BCUT2D eigenvalue weighted by Crippen LogP contribution is 2.05. The zero-order valence-corrected chi connectivity index (χ0v) is 6.81. The quantitative estimate of drug-likeness (QED) is 0.528. The average molecular weight is 179 g/mol. The Hall–Kier alpha value is -1.84. The van der Waals surface area contributed by atoms with Gasteiger partial charge in [-0.3, -0.25) is 0 Å². The number of hydrogen-bond donors (Lipinski definition) is 2. The summed E-state index contributed by atoms with van der Waals surface area (Å²) in [6, 6.07) is 7.53. The minimum atomic E-state index is -1.18. The van der Waals surface area contributed by atoms with E-state index in [9.17, 15) is 9.59 Å². The number of para-hydroxylation sites is 1. The number of aldehydes is 1. The predicted molar refractivity (Wildman–Crippen MR) is 47.6 cm³/mol. The van der Waals surface area contributed by atoms with Crippen LogP contribution in [0, 0.1) is 0 Å². The first-order chi connectivity index (χ1) is 6.24. The highest BCUT2D eigenvalue weighted by molar-refractivity contribution is 5.94. The molecule has 1 aromatic carbocycles. The van der Waals surface area contributed by atoms with E-state index in [2.05, 4.69) is 5.32 Å². The number of nitrogens with one attached hydrogen (secondary N) is 1. The number of carboxylic acids is 1. The Kier molecular flexibility index (Phi) is 3.03. The van der Waals surface area contributed by atoms with Crippen LogP contribution in [-0.2, 0) is 9.59 Å². The molecule has 0 spiro atoms. The normalized spacial score (nSPS) is 11.7. The van der Waals surface area contributed by atoms with Gasteiger partial charge in [-0.05, 0) is 12.1 Å². The molecule has 0 aliphatic carbocycles. The molecule has 1 aromatic rings. The number of carboxylic acid groups (broad SMARTS) is 1. The van der Waals surface area contributed by atoms with Crippen molar-refractivity contribution < 1.29 is 14.7 Å². The summed E-state index contributed by atoms with van der Waals surface area (Å²) in [7, 11) is 0. The van der Waals surface area contributed by atoms with E-state index in [0.717, 1.165) is 0 Å². The number of aliphatic carboxylic acids is 1.